The van der Waals surface area contributed by atoms with Crippen molar-refractivity contribution in [3.63, 3.8) is 0 Å². The average Bonchev–Trinajstić information content (AvgIpc) is 2.69. The van der Waals surface area contributed by atoms with Gasteiger partial charge in [-0.05, 0) is 135 Å². The van der Waals surface area contributed by atoms with Gasteiger partial charge >= 0.3 is 19.8 Å². The molecule has 0 bridgehead atoms. The fourth-order valence-electron chi connectivity index (χ4n) is 10.6. The molecule has 550 valence electrons. The zero-order valence-electron chi connectivity index (χ0n) is 62.0. The summed E-state index contributed by atoms with van der Waals surface area (Å²) in [5.74, 6) is -0.857. The molecule has 0 aromatic heterocycles. The van der Waals surface area contributed by atoms with Crippen LogP contribution in [0.15, 0.2) is 182 Å². The lowest BCUT2D eigenvalue weighted by atomic mass is 10.0. The number of phosphoric ester groups is 1. The minimum Gasteiger partial charge on any atom is -0.462 e. The van der Waals surface area contributed by atoms with E-state index in [1.807, 2.05) is 0 Å². The molecule has 0 rings (SSSR count). The van der Waals surface area contributed by atoms with Crippen LogP contribution in [0, 0.1) is 0 Å². The van der Waals surface area contributed by atoms with Gasteiger partial charge < -0.3 is 20.1 Å². The highest BCUT2D eigenvalue weighted by molar-refractivity contribution is 7.47. The molecule has 0 heterocycles. The number of hydrogen-bond donors (Lipinski definition) is 2. The number of esters is 2. The lowest BCUT2D eigenvalue weighted by Gasteiger charge is -2.19. The Hall–Kier alpha value is -4.89. The van der Waals surface area contributed by atoms with Gasteiger partial charge in [0.05, 0.1) is 13.2 Å². The first-order chi connectivity index (χ1) is 47.8. The maximum Gasteiger partial charge on any atom is 0.472 e. The number of allylic oxidation sites excluding steroid dienone is 30. The monoisotopic (exact) mass is 1360 g/mol. The van der Waals surface area contributed by atoms with E-state index in [-0.39, 0.29) is 38.6 Å². The molecule has 0 amide bonds. The molecule has 0 spiro atoms. The van der Waals surface area contributed by atoms with Crippen molar-refractivity contribution in [2.45, 2.75) is 328 Å². The Morgan fingerprint density at radius 3 is 0.794 bits per heavy atom. The molecule has 9 nitrogen and oxygen atoms in total. The van der Waals surface area contributed by atoms with Gasteiger partial charge in [-0.3, -0.25) is 18.6 Å². The number of carbonyl (C=O) groups excluding carboxylic acids is 2. The third-order valence-corrected chi connectivity index (χ3v) is 17.3. The molecule has 0 radical (unpaired) electrons. The number of phosphoric acid groups is 1. The maximum atomic E-state index is 12.8. The Bertz CT molecular complexity index is 2250. The molecule has 0 fully saturated rings. The smallest absolute Gasteiger partial charge is 0.462 e. The van der Waals surface area contributed by atoms with Crippen LogP contribution in [0.5, 0.6) is 0 Å². The molecule has 0 aromatic carbocycles. The van der Waals surface area contributed by atoms with Gasteiger partial charge in [-0.25, -0.2) is 4.57 Å². The van der Waals surface area contributed by atoms with Crippen molar-refractivity contribution in [2.24, 2.45) is 5.73 Å². The van der Waals surface area contributed by atoms with Gasteiger partial charge in [0, 0.05) is 19.4 Å². The lowest BCUT2D eigenvalue weighted by Crippen LogP contribution is -2.29. The van der Waals surface area contributed by atoms with Crippen LogP contribution in [0.25, 0.3) is 0 Å². The van der Waals surface area contributed by atoms with Gasteiger partial charge in [0.1, 0.15) is 6.61 Å². The van der Waals surface area contributed by atoms with Crippen LogP contribution in [-0.4, -0.2) is 49.3 Å². The molecule has 3 N–H and O–H groups in total. The number of unbranched alkanes of at least 4 members (excludes halogenated alkanes) is 29. The fourth-order valence-corrected chi connectivity index (χ4v) is 11.3. The van der Waals surface area contributed by atoms with Gasteiger partial charge in [-0.1, -0.05) is 357 Å². The van der Waals surface area contributed by atoms with E-state index in [1.165, 1.54) is 148 Å². The minimum atomic E-state index is -4.42. The van der Waals surface area contributed by atoms with Gasteiger partial charge in [-0.2, -0.15) is 0 Å². The summed E-state index contributed by atoms with van der Waals surface area (Å²) in [7, 11) is -4.42. The topological polar surface area (TPSA) is 134 Å². The summed E-state index contributed by atoms with van der Waals surface area (Å²) in [6.45, 7) is 3.50. The highest BCUT2D eigenvalue weighted by Crippen LogP contribution is 2.43. The number of hydrogen-bond acceptors (Lipinski definition) is 8. The second kappa shape index (κ2) is 80.1. The average molecular weight is 1360 g/mol. The van der Waals surface area contributed by atoms with Crippen LogP contribution in [0.3, 0.4) is 0 Å². The third-order valence-electron chi connectivity index (χ3n) is 16.3. The third kappa shape index (κ3) is 80.0. The van der Waals surface area contributed by atoms with Crippen LogP contribution in [0.1, 0.15) is 322 Å². The van der Waals surface area contributed by atoms with E-state index in [2.05, 4.69) is 196 Å². The summed E-state index contributed by atoms with van der Waals surface area (Å²) in [6.07, 6.45) is 120. The maximum absolute atomic E-state index is 12.8. The second-order valence-corrected chi connectivity index (χ2v) is 26.9. The Morgan fingerprint density at radius 2 is 0.536 bits per heavy atom. The molecule has 0 saturated carbocycles. The van der Waals surface area contributed by atoms with Crippen LogP contribution < -0.4 is 5.73 Å². The van der Waals surface area contributed by atoms with Crippen LogP contribution in [0.4, 0.5) is 0 Å². The molecule has 10 heteroatoms. The second-order valence-electron chi connectivity index (χ2n) is 25.5. The fraction of sp³-hybridized carbons (Fsp3) is 0.632. The Morgan fingerprint density at radius 1 is 0.309 bits per heavy atom. The predicted molar refractivity (Wildman–Crippen MR) is 422 cm³/mol. The summed E-state index contributed by atoms with van der Waals surface area (Å²) in [5, 5.41) is 0. The van der Waals surface area contributed by atoms with E-state index < -0.39 is 26.5 Å². The zero-order valence-corrected chi connectivity index (χ0v) is 62.9. The van der Waals surface area contributed by atoms with E-state index in [4.69, 9.17) is 24.3 Å². The first-order valence-corrected chi connectivity index (χ1v) is 40.8. The van der Waals surface area contributed by atoms with E-state index in [1.54, 1.807) is 0 Å². The van der Waals surface area contributed by atoms with Gasteiger partial charge in [-0.15, -0.1) is 0 Å². The van der Waals surface area contributed by atoms with Gasteiger partial charge in [0.15, 0.2) is 6.10 Å². The molecule has 0 aliphatic heterocycles. The highest BCUT2D eigenvalue weighted by atomic mass is 31.2. The largest absolute Gasteiger partial charge is 0.472 e. The Labute approximate surface area is 596 Å². The van der Waals surface area contributed by atoms with Gasteiger partial charge in [0.25, 0.3) is 0 Å². The Balaban J connectivity index is 3.89. The summed E-state index contributed by atoms with van der Waals surface area (Å²) >= 11 is 0. The molecule has 0 aromatic rings. The van der Waals surface area contributed by atoms with Crippen molar-refractivity contribution < 1.29 is 37.6 Å². The SMILES string of the molecule is CC/C=C\C/C=C\C/C=C\C/C=C\C/C=C\C/C=C\C/C=C\C/C=C\C/C=C\C/C=C\CCCCCCC(=O)OC(COC(=O)CCCCCCCCCCCCCCCCCCCCCCCCCCC/C=C\C/C=C\C/C=C\C/C=C\C/C=C\CC)COP(=O)(O)OCCN. The molecule has 2 unspecified atom stereocenters. The summed E-state index contributed by atoms with van der Waals surface area (Å²) in [6, 6.07) is 0. The first-order valence-electron chi connectivity index (χ1n) is 39.3. The standard InChI is InChI=1S/C87H144NO8P/c1-3-5-7-9-11-13-15-17-19-21-23-25-27-29-31-33-35-37-39-40-41-42-43-44-46-47-49-51-53-55-57-59-61-63-65-67-69-71-73-75-77-79-86(89)93-83-85(84-95-97(91,92)94-82-81-88)96-87(90)80-78-76-74-72-70-68-66-64-62-60-58-56-54-52-50-48-45-38-36-34-32-30-28-26-24-22-20-18-16-14-12-10-8-6-4-2/h5-8,11-14,17-20,23-26,29-32,36,38,48,50,54,56,60,62,66,68,85H,3-4,9-10,15-16,21-22,27-28,33-35,37,39-47,49,51-53,55,57-59,61,63-65,67,69-84,88H2,1-2H3,(H,91,92)/b7-5-,8-6-,13-11-,14-12-,19-17-,20-18-,25-23-,26-24-,31-29-,32-30-,38-36-,50-48-,56-54-,62-60-,68-66-. The van der Waals surface area contributed by atoms with Crippen LogP contribution in [-0.2, 0) is 32.7 Å². The van der Waals surface area contributed by atoms with E-state index >= 15 is 0 Å². The van der Waals surface area contributed by atoms with Crippen molar-refractivity contribution in [3.8, 4) is 0 Å². The summed E-state index contributed by atoms with van der Waals surface area (Å²) < 4.78 is 33.2. The molecule has 0 aliphatic rings. The minimum absolute atomic E-state index is 0.0417. The lowest BCUT2D eigenvalue weighted by molar-refractivity contribution is -0.161. The van der Waals surface area contributed by atoms with Gasteiger partial charge in [0.2, 0.25) is 0 Å². The van der Waals surface area contributed by atoms with E-state index in [0.29, 0.717) is 6.42 Å². The van der Waals surface area contributed by atoms with Crippen molar-refractivity contribution >= 4 is 19.8 Å². The van der Waals surface area contributed by atoms with E-state index in [9.17, 15) is 19.0 Å². The molecular weight excluding hydrogens is 1220 g/mol. The zero-order chi connectivity index (χ0) is 70.0. The van der Waals surface area contributed by atoms with E-state index in [0.717, 1.165) is 141 Å². The number of rotatable bonds is 72. The summed E-state index contributed by atoms with van der Waals surface area (Å²) in [5.41, 5.74) is 5.41. The number of nitrogens with two attached hydrogens (primary N) is 1. The van der Waals surface area contributed by atoms with Crippen molar-refractivity contribution in [1.82, 2.24) is 0 Å². The number of carbonyl (C=O) groups is 2. The predicted octanol–water partition coefficient (Wildman–Crippen LogP) is 26.6. The molecule has 97 heavy (non-hydrogen) atoms. The van der Waals surface area contributed by atoms with Crippen molar-refractivity contribution in [2.75, 3.05) is 26.4 Å². The molecule has 0 saturated heterocycles. The number of ether oxygens (including phenoxy) is 2. The Kier molecular flexibility index (Phi) is 76.1. The van der Waals surface area contributed by atoms with Crippen LogP contribution in [0.2, 0.25) is 0 Å². The molecule has 2 atom stereocenters. The molecular formula is C87H144NO8P. The summed E-state index contributed by atoms with van der Waals surface area (Å²) in [4.78, 5) is 35.4. The van der Waals surface area contributed by atoms with Crippen LogP contribution >= 0.6 is 7.82 Å². The van der Waals surface area contributed by atoms with Crippen molar-refractivity contribution in [3.05, 3.63) is 182 Å². The normalized spacial score (nSPS) is 13.9. The highest BCUT2D eigenvalue weighted by Gasteiger charge is 2.26. The van der Waals surface area contributed by atoms with Crippen molar-refractivity contribution in [1.29, 1.82) is 0 Å². The molecule has 0 aliphatic carbocycles. The first kappa shape index (κ1) is 92.1. The quantitative estimate of drug-likeness (QED) is 0.0264.